The molecule has 1 atom stereocenters. The molecule has 0 bridgehead atoms. The van der Waals surface area contributed by atoms with Crippen LogP contribution in [0.5, 0.6) is 0 Å². The van der Waals surface area contributed by atoms with Gasteiger partial charge in [-0.15, -0.1) is 0 Å². The smallest absolute Gasteiger partial charge is 0.148 e. The zero-order chi connectivity index (χ0) is 12.4. The van der Waals surface area contributed by atoms with Gasteiger partial charge in [0.15, 0.2) is 0 Å². The summed E-state index contributed by atoms with van der Waals surface area (Å²) in [5, 5.41) is 7.62. The van der Waals surface area contributed by atoms with Crippen LogP contribution in [0.1, 0.15) is 30.0 Å². The minimum atomic E-state index is 0.0219. The Morgan fingerprint density at radius 1 is 1.41 bits per heavy atom. The molecule has 0 saturated heterocycles. The molecular weight excluding hydrogens is 240 g/mol. The van der Waals surface area contributed by atoms with Gasteiger partial charge in [0.1, 0.15) is 22.9 Å². The van der Waals surface area contributed by atoms with Gasteiger partial charge in [0.05, 0.1) is 17.9 Å². The first-order chi connectivity index (χ1) is 8.09. The molecule has 0 aliphatic carbocycles. The molecule has 2 heterocycles. The fraction of sp³-hybridized carbons (Fsp3) is 0.364. The number of anilines is 1. The van der Waals surface area contributed by atoms with Crippen molar-refractivity contribution in [1.29, 1.82) is 0 Å². The van der Waals surface area contributed by atoms with Crippen molar-refractivity contribution in [2.24, 2.45) is 0 Å². The predicted molar refractivity (Wildman–Crippen MR) is 65.1 cm³/mol. The molecule has 2 aromatic heterocycles. The van der Waals surface area contributed by atoms with E-state index in [2.05, 4.69) is 20.4 Å². The van der Waals surface area contributed by atoms with Gasteiger partial charge < -0.3 is 9.84 Å². The molecule has 2 aromatic rings. The normalized spacial score (nSPS) is 12.5. The van der Waals surface area contributed by atoms with E-state index >= 15 is 0 Å². The molecule has 17 heavy (non-hydrogen) atoms. The highest BCUT2D eigenvalue weighted by Gasteiger charge is 2.17. The van der Waals surface area contributed by atoms with Crippen LogP contribution in [0.3, 0.4) is 0 Å². The monoisotopic (exact) mass is 252 g/mol. The number of halogens is 1. The second-order valence-electron chi connectivity index (χ2n) is 3.82. The molecular formula is C11H13ClN4O. The van der Waals surface area contributed by atoms with Crippen molar-refractivity contribution in [2.45, 2.75) is 26.8 Å². The summed E-state index contributed by atoms with van der Waals surface area (Å²) in [4.78, 5) is 7.92. The van der Waals surface area contributed by atoms with Gasteiger partial charge in [-0.05, 0) is 20.8 Å². The van der Waals surface area contributed by atoms with Gasteiger partial charge in [0, 0.05) is 5.56 Å². The van der Waals surface area contributed by atoms with Crippen LogP contribution >= 0.6 is 11.6 Å². The number of hydrogen-bond donors (Lipinski definition) is 1. The summed E-state index contributed by atoms with van der Waals surface area (Å²) in [6, 6.07) is 0.0219. The van der Waals surface area contributed by atoms with Crippen LogP contribution < -0.4 is 5.32 Å². The van der Waals surface area contributed by atoms with Crippen molar-refractivity contribution >= 4 is 17.4 Å². The molecule has 0 aliphatic rings. The minimum Gasteiger partial charge on any atom is -0.362 e. The lowest BCUT2D eigenvalue weighted by Gasteiger charge is -2.14. The Labute approximate surface area is 104 Å². The number of aryl methyl sites for hydroxylation is 2. The Balaban J connectivity index is 2.23. The average molecular weight is 253 g/mol. The molecule has 0 fully saturated rings. The van der Waals surface area contributed by atoms with E-state index in [0.717, 1.165) is 17.0 Å². The first-order valence-electron chi connectivity index (χ1n) is 5.24. The predicted octanol–water partition coefficient (Wildman–Crippen LogP) is 2.91. The zero-order valence-electron chi connectivity index (χ0n) is 9.86. The van der Waals surface area contributed by atoms with Crippen molar-refractivity contribution in [2.75, 3.05) is 5.32 Å². The molecule has 0 aliphatic heterocycles. The van der Waals surface area contributed by atoms with Gasteiger partial charge in [-0.25, -0.2) is 9.97 Å². The molecule has 0 saturated carbocycles. The lowest BCUT2D eigenvalue weighted by molar-refractivity contribution is 0.392. The van der Waals surface area contributed by atoms with Crippen molar-refractivity contribution < 1.29 is 4.52 Å². The molecule has 1 unspecified atom stereocenters. The molecule has 90 valence electrons. The zero-order valence-corrected chi connectivity index (χ0v) is 10.6. The number of nitrogens with one attached hydrogen (secondary N) is 1. The van der Waals surface area contributed by atoms with E-state index in [0.29, 0.717) is 10.8 Å². The Hall–Kier alpha value is -1.62. The van der Waals surface area contributed by atoms with Gasteiger partial charge in [-0.1, -0.05) is 16.8 Å². The Morgan fingerprint density at radius 3 is 2.76 bits per heavy atom. The molecule has 2 rings (SSSR count). The number of nitrogens with zero attached hydrogens (tertiary/aromatic N) is 3. The van der Waals surface area contributed by atoms with Gasteiger partial charge in [-0.3, -0.25) is 0 Å². The molecule has 0 aromatic carbocycles. The fourth-order valence-electron chi connectivity index (χ4n) is 1.80. The maximum atomic E-state index is 5.98. The third kappa shape index (κ3) is 2.39. The fourth-order valence-corrected chi connectivity index (χ4v) is 1.96. The van der Waals surface area contributed by atoms with Crippen molar-refractivity contribution in [3.8, 4) is 0 Å². The highest BCUT2D eigenvalue weighted by molar-refractivity contribution is 6.32. The lowest BCUT2D eigenvalue weighted by Crippen LogP contribution is -2.10. The van der Waals surface area contributed by atoms with E-state index in [-0.39, 0.29) is 6.04 Å². The van der Waals surface area contributed by atoms with Crippen LogP contribution in [0.4, 0.5) is 5.82 Å². The molecule has 0 amide bonds. The molecule has 0 spiro atoms. The highest BCUT2D eigenvalue weighted by Crippen LogP contribution is 2.26. The Bertz CT molecular complexity index is 506. The van der Waals surface area contributed by atoms with E-state index in [9.17, 15) is 0 Å². The van der Waals surface area contributed by atoms with Gasteiger partial charge in [0.2, 0.25) is 0 Å². The van der Waals surface area contributed by atoms with Crippen LogP contribution in [0.2, 0.25) is 5.02 Å². The molecule has 6 heteroatoms. The largest absolute Gasteiger partial charge is 0.362 e. The summed E-state index contributed by atoms with van der Waals surface area (Å²) >= 11 is 5.98. The summed E-state index contributed by atoms with van der Waals surface area (Å²) in [5.41, 5.74) is 1.90. The maximum Gasteiger partial charge on any atom is 0.148 e. The summed E-state index contributed by atoms with van der Waals surface area (Å²) in [7, 11) is 0. The van der Waals surface area contributed by atoms with Crippen LogP contribution in [0.15, 0.2) is 17.0 Å². The first-order valence-corrected chi connectivity index (χ1v) is 5.62. The second kappa shape index (κ2) is 4.71. The van der Waals surface area contributed by atoms with E-state index in [1.165, 1.54) is 6.33 Å². The quantitative estimate of drug-likeness (QED) is 0.910. The number of hydrogen-bond acceptors (Lipinski definition) is 5. The third-order valence-electron chi connectivity index (χ3n) is 2.54. The summed E-state index contributed by atoms with van der Waals surface area (Å²) in [6.45, 7) is 5.80. The highest BCUT2D eigenvalue weighted by atomic mass is 35.5. The third-order valence-corrected chi connectivity index (χ3v) is 2.82. The van der Waals surface area contributed by atoms with E-state index in [1.54, 1.807) is 6.20 Å². The topological polar surface area (TPSA) is 63.8 Å². The standard InChI is InChI=1S/C11H13ClN4O/c1-6(10-7(2)16-17-8(10)3)15-11-9(12)4-13-5-14-11/h4-6H,1-3H3,(H,13,14,15). The summed E-state index contributed by atoms with van der Waals surface area (Å²) in [5.74, 6) is 1.40. The van der Waals surface area contributed by atoms with E-state index in [1.807, 2.05) is 20.8 Å². The van der Waals surface area contributed by atoms with Crippen molar-refractivity contribution in [3.63, 3.8) is 0 Å². The molecule has 0 radical (unpaired) electrons. The Kier molecular flexibility index (Phi) is 3.28. The van der Waals surface area contributed by atoms with Gasteiger partial charge >= 0.3 is 0 Å². The van der Waals surface area contributed by atoms with Crippen molar-refractivity contribution in [1.82, 2.24) is 15.1 Å². The second-order valence-corrected chi connectivity index (χ2v) is 4.23. The minimum absolute atomic E-state index is 0.0219. The number of aromatic nitrogens is 3. The average Bonchev–Trinajstić information content (AvgIpc) is 2.62. The van der Waals surface area contributed by atoms with E-state index < -0.39 is 0 Å². The van der Waals surface area contributed by atoms with Crippen molar-refractivity contribution in [3.05, 3.63) is 34.6 Å². The number of rotatable bonds is 3. The van der Waals surface area contributed by atoms with Gasteiger partial charge in [0.25, 0.3) is 0 Å². The van der Waals surface area contributed by atoms with Crippen LogP contribution in [-0.4, -0.2) is 15.1 Å². The SMILES string of the molecule is Cc1noc(C)c1C(C)Nc1ncncc1Cl. The van der Waals surface area contributed by atoms with Gasteiger partial charge in [-0.2, -0.15) is 0 Å². The van der Waals surface area contributed by atoms with Crippen LogP contribution in [-0.2, 0) is 0 Å². The summed E-state index contributed by atoms with van der Waals surface area (Å²) < 4.78 is 5.13. The lowest BCUT2D eigenvalue weighted by atomic mass is 10.1. The first kappa shape index (κ1) is 11.9. The molecule has 1 N–H and O–H groups in total. The van der Waals surface area contributed by atoms with E-state index in [4.69, 9.17) is 16.1 Å². The summed E-state index contributed by atoms with van der Waals surface area (Å²) in [6.07, 6.45) is 3.01. The van der Waals surface area contributed by atoms with Crippen LogP contribution in [0.25, 0.3) is 0 Å². The van der Waals surface area contributed by atoms with Crippen LogP contribution in [0, 0.1) is 13.8 Å². The Morgan fingerprint density at radius 2 is 2.18 bits per heavy atom. The molecule has 5 nitrogen and oxygen atoms in total. The maximum absolute atomic E-state index is 5.98.